The fraction of sp³-hybridized carbons (Fsp3) is 0.571. The minimum Gasteiger partial charge on any atom is -0.382 e. The van der Waals surface area contributed by atoms with Gasteiger partial charge in [-0.05, 0) is 16.7 Å². The maximum atomic E-state index is 10.7. The molecule has 96 valence electrons. The first kappa shape index (κ1) is 13.4. The minimum atomic E-state index is -3.16. The molecule has 0 saturated heterocycles. The van der Waals surface area contributed by atoms with Crippen LogP contribution in [0.25, 0.3) is 0 Å². The summed E-state index contributed by atoms with van der Waals surface area (Å²) in [6.07, 6.45) is 1.60. The summed E-state index contributed by atoms with van der Waals surface area (Å²) in [5, 5.41) is 6.83. The number of aromatic nitrogens is 2. The van der Waals surface area contributed by atoms with Crippen molar-refractivity contribution in [1.82, 2.24) is 15.0 Å². The normalized spacial score (nSPS) is 12.9. The third-order valence-corrected chi connectivity index (χ3v) is 2.47. The molecule has 0 unspecified atom stereocenters. The lowest BCUT2D eigenvalue weighted by Crippen LogP contribution is -2.24. The van der Waals surface area contributed by atoms with Crippen LogP contribution in [0.4, 0.5) is 5.82 Å². The molecule has 1 aromatic rings. The number of nitrogens with one attached hydrogen (secondary N) is 1. The summed E-state index contributed by atoms with van der Waals surface area (Å²) >= 11 is 0. The predicted molar refractivity (Wildman–Crippen MR) is 61.8 cm³/mol. The van der Waals surface area contributed by atoms with Crippen molar-refractivity contribution in [1.29, 1.82) is 0 Å². The molecule has 1 aromatic heterocycles. The summed E-state index contributed by atoms with van der Waals surface area (Å²) in [6, 6.07) is 0. The summed E-state index contributed by atoms with van der Waals surface area (Å²) in [7, 11) is -3.16. The molecule has 0 radical (unpaired) electrons. The van der Waals surface area contributed by atoms with E-state index < -0.39 is 10.0 Å². The standard InChI is InChI=1S/C7H14N6O3S/c1-17(14,15)11-4-2-3-10-6(8)5-7(9)13-16-12-5/h11H,2-4H2,1H3,(H2,8,10)(H2,9,13). The zero-order chi connectivity index (χ0) is 12.9. The summed E-state index contributed by atoms with van der Waals surface area (Å²) in [4.78, 5) is 3.96. The van der Waals surface area contributed by atoms with E-state index in [0.29, 0.717) is 19.5 Å². The highest BCUT2D eigenvalue weighted by atomic mass is 32.2. The molecule has 0 saturated carbocycles. The number of rotatable bonds is 6. The smallest absolute Gasteiger partial charge is 0.208 e. The fourth-order valence-corrected chi connectivity index (χ4v) is 1.50. The van der Waals surface area contributed by atoms with Crippen LogP contribution in [-0.2, 0) is 10.0 Å². The lowest BCUT2D eigenvalue weighted by atomic mass is 10.4. The first-order valence-electron chi connectivity index (χ1n) is 4.73. The Morgan fingerprint density at radius 1 is 1.53 bits per heavy atom. The zero-order valence-corrected chi connectivity index (χ0v) is 10.1. The third kappa shape index (κ3) is 4.78. The number of anilines is 1. The van der Waals surface area contributed by atoms with Gasteiger partial charge < -0.3 is 11.5 Å². The molecule has 0 aliphatic rings. The van der Waals surface area contributed by atoms with Crippen LogP contribution in [0.15, 0.2) is 9.62 Å². The van der Waals surface area contributed by atoms with Crippen molar-refractivity contribution in [2.24, 2.45) is 10.7 Å². The largest absolute Gasteiger partial charge is 0.382 e. The minimum absolute atomic E-state index is 0.0699. The van der Waals surface area contributed by atoms with Gasteiger partial charge in [0.05, 0.1) is 6.26 Å². The van der Waals surface area contributed by atoms with Crippen LogP contribution in [0.1, 0.15) is 12.1 Å². The average Bonchev–Trinajstić information content (AvgIpc) is 2.62. The molecule has 0 spiro atoms. The van der Waals surface area contributed by atoms with Crippen molar-refractivity contribution in [2.75, 3.05) is 25.1 Å². The molecule has 10 heteroatoms. The number of amidine groups is 1. The Bertz CT molecular complexity index is 493. The number of nitrogen functional groups attached to an aromatic ring is 1. The second-order valence-electron chi connectivity index (χ2n) is 3.29. The van der Waals surface area contributed by atoms with E-state index in [1.54, 1.807) is 0 Å². The van der Waals surface area contributed by atoms with Gasteiger partial charge >= 0.3 is 0 Å². The molecule has 1 rings (SSSR count). The Balaban J connectivity index is 2.37. The molecule has 0 bridgehead atoms. The fourth-order valence-electron chi connectivity index (χ4n) is 0.984. The molecule has 17 heavy (non-hydrogen) atoms. The second-order valence-corrected chi connectivity index (χ2v) is 5.12. The Morgan fingerprint density at radius 3 is 2.76 bits per heavy atom. The number of nitrogens with zero attached hydrogens (tertiary/aromatic N) is 3. The Kier molecular flexibility index (Phi) is 4.40. The number of nitrogens with two attached hydrogens (primary N) is 2. The molecule has 0 aromatic carbocycles. The van der Waals surface area contributed by atoms with Crippen molar-refractivity contribution >= 4 is 21.7 Å². The summed E-state index contributed by atoms with van der Waals surface area (Å²) < 4.78 is 28.2. The van der Waals surface area contributed by atoms with Crippen molar-refractivity contribution in [3.63, 3.8) is 0 Å². The van der Waals surface area contributed by atoms with E-state index in [2.05, 4.69) is 24.7 Å². The van der Waals surface area contributed by atoms with Gasteiger partial charge in [-0.2, -0.15) is 0 Å². The SMILES string of the molecule is CS(=O)(=O)NCCCN=C(N)c1nonc1N. The lowest BCUT2D eigenvalue weighted by Gasteiger charge is -2.00. The Morgan fingerprint density at radius 2 is 2.24 bits per heavy atom. The highest BCUT2D eigenvalue weighted by Crippen LogP contribution is 2.02. The van der Waals surface area contributed by atoms with Gasteiger partial charge in [0, 0.05) is 13.1 Å². The number of hydrogen-bond donors (Lipinski definition) is 3. The number of aliphatic imine (C=N–C) groups is 1. The molecule has 1 heterocycles. The van der Waals surface area contributed by atoms with Crippen LogP contribution in [0.5, 0.6) is 0 Å². The quantitative estimate of drug-likeness (QED) is 0.314. The molecular formula is C7H14N6O3S. The zero-order valence-electron chi connectivity index (χ0n) is 9.25. The van der Waals surface area contributed by atoms with Gasteiger partial charge in [-0.25, -0.2) is 17.8 Å². The van der Waals surface area contributed by atoms with E-state index in [4.69, 9.17) is 11.5 Å². The van der Waals surface area contributed by atoms with E-state index >= 15 is 0 Å². The first-order chi connectivity index (χ1) is 7.90. The van der Waals surface area contributed by atoms with Crippen LogP contribution in [0, 0.1) is 0 Å². The third-order valence-electron chi connectivity index (χ3n) is 1.74. The van der Waals surface area contributed by atoms with Crippen molar-refractivity contribution in [3.8, 4) is 0 Å². The van der Waals surface area contributed by atoms with Crippen molar-refractivity contribution in [3.05, 3.63) is 5.69 Å². The van der Waals surface area contributed by atoms with Gasteiger partial charge in [0.1, 0.15) is 0 Å². The maximum absolute atomic E-state index is 10.7. The van der Waals surface area contributed by atoms with Gasteiger partial charge in [-0.1, -0.05) is 0 Å². The average molecular weight is 262 g/mol. The van der Waals surface area contributed by atoms with Crippen LogP contribution in [-0.4, -0.2) is 43.9 Å². The first-order valence-corrected chi connectivity index (χ1v) is 6.62. The number of hydrogen-bond acceptors (Lipinski definition) is 7. The van der Waals surface area contributed by atoms with E-state index in [1.807, 2.05) is 0 Å². The van der Waals surface area contributed by atoms with E-state index in [0.717, 1.165) is 6.26 Å². The van der Waals surface area contributed by atoms with E-state index in [1.165, 1.54) is 0 Å². The van der Waals surface area contributed by atoms with Crippen molar-refractivity contribution in [2.45, 2.75) is 6.42 Å². The lowest BCUT2D eigenvalue weighted by molar-refractivity contribution is 0.308. The molecule has 0 fully saturated rings. The Labute approximate surface area is 98.3 Å². The van der Waals surface area contributed by atoms with Crippen LogP contribution >= 0.6 is 0 Å². The van der Waals surface area contributed by atoms with Gasteiger partial charge in [0.25, 0.3) is 0 Å². The molecule has 0 atom stereocenters. The molecule has 9 nitrogen and oxygen atoms in total. The second kappa shape index (κ2) is 5.59. The number of sulfonamides is 1. The highest BCUT2D eigenvalue weighted by Gasteiger charge is 2.09. The molecule has 0 amide bonds. The molecule has 0 aliphatic heterocycles. The van der Waals surface area contributed by atoms with Crippen LogP contribution in [0.2, 0.25) is 0 Å². The van der Waals surface area contributed by atoms with Gasteiger partial charge in [-0.3, -0.25) is 4.99 Å². The molecule has 5 N–H and O–H groups in total. The molecular weight excluding hydrogens is 248 g/mol. The topological polar surface area (TPSA) is 149 Å². The Hall–Kier alpha value is -1.68. The van der Waals surface area contributed by atoms with Gasteiger partial charge in [-0.15, -0.1) is 0 Å². The monoisotopic (exact) mass is 262 g/mol. The van der Waals surface area contributed by atoms with Crippen LogP contribution < -0.4 is 16.2 Å². The summed E-state index contributed by atoms with van der Waals surface area (Å²) in [5.74, 6) is 0.184. The van der Waals surface area contributed by atoms with Crippen LogP contribution in [0.3, 0.4) is 0 Å². The summed E-state index contributed by atoms with van der Waals surface area (Å²) in [5.41, 5.74) is 11.2. The maximum Gasteiger partial charge on any atom is 0.208 e. The van der Waals surface area contributed by atoms with E-state index in [-0.39, 0.29) is 17.3 Å². The molecule has 0 aliphatic carbocycles. The van der Waals surface area contributed by atoms with E-state index in [9.17, 15) is 8.42 Å². The van der Waals surface area contributed by atoms with Gasteiger partial charge in [0.15, 0.2) is 17.3 Å². The summed E-state index contributed by atoms with van der Waals surface area (Å²) in [6.45, 7) is 0.642. The van der Waals surface area contributed by atoms with Crippen molar-refractivity contribution < 1.29 is 13.0 Å². The van der Waals surface area contributed by atoms with Gasteiger partial charge in [0.2, 0.25) is 10.0 Å². The predicted octanol–water partition coefficient (Wildman–Crippen LogP) is -1.70. The highest BCUT2D eigenvalue weighted by molar-refractivity contribution is 7.88.